The topological polar surface area (TPSA) is 65.4 Å². The van der Waals surface area contributed by atoms with Crippen LogP contribution >= 0.6 is 11.6 Å². The van der Waals surface area contributed by atoms with Gasteiger partial charge in [-0.1, -0.05) is 41.9 Å². The first-order valence-corrected chi connectivity index (χ1v) is 10.9. The summed E-state index contributed by atoms with van der Waals surface area (Å²) in [6, 6.07) is 19.1. The summed E-state index contributed by atoms with van der Waals surface area (Å²) in [4.78, 5) is 12.6. The number of fused-ring (bicyclic) bond motifs is 1. The van der Waals surface area contributed by atoms with Crippen molar-refractivity contribution in [3.05, 3.63) is 94.6 Å². The molecule has 1 amide bonds. The van der Waals surface area contributed by atoms with E-state index in [2.05, 4.69) is 10.4 Å². The zero-order valence-corrected chi connectivity index (χ0v) is 18.7. The molecule has 1 aromatic heterocycles. The van der Waals surface area contributed by atoms with E-state index in [0.29, 0.717) is 28.3 Å². The minimum Gasteiger partial charge on any atom is -0.454 e. The van der Waals surface area contributed by atoms with Crippen molar-refractivity contribution in [1.29, 1.82) is 0 Å². The van der Waals surface area contributed by atoms with E-state index in [1.165, 1.54) is 0 Å². The molecule has 0 fully saturated rings. The number of rotatable bonds is 5. The number of carbonyl (C=O) groups is 1. The molecule has 10 heteroatoms. The predicted molar refractivity (Wildman–Crippen MR) is 123 cm³/mol. The number of nitrogens with zero attached hydrogens (tertiary/aromatic N) is 2. The Bertz CT molecular complexity index is 1400. The van der Waals surface area contributed by atoms with Crippen molar-refractivity contribution >= 4 is 17.5 Å². The lowest BCUT2D eigenvalue weighted by molar-refractivity contribution is -0.141. The number of benzene rings is 3. The molecule has 2 heterocycles. The molecule has 4 aromatic rings. The van der Waals surface area contributed by atoms with Crippen molar-refractivity contribution < 1.29 is 27.4 Å². The largest absolute Gasteiger partial charge is 0.454 e. The summed E-state index contributed by atoms with van der Waals surface area (Å²) in [5.74, 6) is 0.944. The number of alkyl halides is 3. The van der Waals surface area contributed by atoms with Crippen molar-refractivity contribution in [2.24, 2.45) is 0 Å². The van der Waals surface area contributed by atoms with Crippen LogP contribution in [0, 0.1) is 0 Å². The summed E-state index contributed by atoms with van der Waals surface area (Å²) < 4.78 is 52.0. The Kier molecular flexibility index (Phi) is 5.86. The van der Waals surface area contributed by atoms with E-state index in [0.717, 1.165) is 16.3 Å². The first-order chi connectivity index (χ1) is 16.8. The van der Waals surface area contributed by atoms with Gasteiger partial charge in [0.15, 0.2) is 17.2 Å². The first kappa shape index (κ1) is 22.8. The van der Waals surface area contributed by atoms with Gasteiger partial charge in [-0.15, -0.1) is 0 Å². The Morgan fingerprint density at radius 2 is 1.74 bits per heavy atom. The van der Waals surface area contributed by atoms with Gasteiger partial charge in [-0.25, -0.2) is 4.68 Å². The minimum atomic E-state index is -4.63. The molecule has 5 rings (SSSR count). The van der Waals surface area contributed by atoms with Gasteiger partial charge in [0.1, 0.15) is 0 Å². The van der Waals surface area contributed by atoms with Gasteiger partial charge in [0.05, 0.1) is 16.4 Å². The third-order valence-corrected chi connectivity index (χ3v) is 5.73. The van der Waals surface area contributed by atoms with Crippen LogP contribution < -0.4 is 14.8 Å². The molecule has 35 heavy (non-hydrogen) atoms. The van der Waals surface area contributed by atoms with Crippen LogP contribution in [0.25, 0.3) is 16.9 Å². The molecular formula is C25H17ClF3N3O3. The zero-order valence-electron chi connectivity index (χ0n) is 18.0. The Labute approximate surface area is 202 Å². The molecular weight excluding hydrogens is 483 g/mol. The Morgan fingerprint density at radius 1 is 1.00 bits per heavy atom. The van der Waals surface area contributed by atoms with E-state index in [4.69, 9.17) is 21.1 Å². The van der Waals surface area contributed by atoms with Crippen molar-refractivity contribution in [3.8, 4) is 28.4 Å². The van der Waals surface area contributed by atoms with Gasteiger partial charge < -0.3 is 14.8 Å². The number of aromatic nitrogens is 2. The lowest BCUT2D eigenvalue weighted by Gasteiger charge is -2.10. The molecule has 0 atom stereocenters. The summed E-state index contributed by atoms with van der Waals surface area (Å²) >= 11 is 6.22. The number of ether oxygens (including phenoxy) is 2. The smallest absolute Gasteiger partial charge is 0.435 e. The van der Waals surface area contributed by atoms with Gasteiger partial charge in [0.25, 0.3) is 5.91 Å². The highest BCUT2D eigenvalue weighted by molar-refractivity contribution is 6.32. The van der Waals surface area contributed by atoms with Gasteiger partial charge in [0.2, 0.25) is 6.79 Å². The summed E-state index contributed by atoms with van der Waals surface area (Å²) in [6.45, 7) is 0.433. The summed E-state index contributed by atoms with van der Waals surface area (Å²) in [5, 5.41) is 6.81. The normalized spacial score (nSPS) is 12.6. The van der Waals surface area contributed by atoms with E-state index < -0.39 is 11.9 Å². The number of nitrogens with one attached hydrogen (secondary N) is 1. The number of carbonyl (C=O) groups excluding carboxylic acids is 1. The number of para-hydroxylation sites is 1. The van der Waals surface area contributed by atoms with Gasteiger partial charge in [0, 0.05) is 17.7 Å². The minimum absolute atomic E-state index is 0.164. The monoisotopic (exact) mass is 499 g/mol. The van der Waals surface area contributed by atoms with Crippen molar-refractivity contribution in [1.82, 2.24) is 15.1 Å². The van der Waals surface area contributed by atoms with Crippen molar-refractivity contribution in [3.63, 3.8) is 0 Å². The second-order valence-electron chi connectivity index (χ2n) is 7.72. The molecule has 1 N–H and O–H groups in total. The van der Waals surface area contributed by atoms with Crippen LogP contribution in [0.3, 0.4) is 0 Å². The number of amides is 1. The summed E-state index contributed by atoms with van der Waals surface area (Å²) in [7, 11) is 0. The van der Waals surface area contributed by atoms with Crippen molar-refractivity contribution in [2.45, 2.75) is 12.7 Å². The van der Waals surface area contributed by atoms with Crippen LogP contribution in [0.4, 0.5) is 13.2 Å². The number of hydrogen-bond acceptors (Lipinski definition) is 4. The summed E-state index contributed by atoms with van der Waals surface area (Å²) in [5.41, 5.74) is 1.10. The van der Waals surface area contributed by atoms with Gasteiger partial charge >= 0.3 is 6.18 Å². The zero-order chi connectivity index (χ0) is 24.6. The molecule has 3 aromatic carbocycles. The third kappa shape index (κ3) is 4.67. The third-order valence-electron chi connectivity index (χ3n) is 5.41. The van der Waals surface area contributed by atoms with Crippen LogP contribution in [0.15, 0.2) is 72.8 Å². The average Bonchev–Trinajstić information content (AvgIpc) is 3.50. The predicted octanol–water partition coefficient (Wildman–Crippen LogP) is 5.87. The highest BCUT2D eigenvalue weighted by Crippen LogP contribution is 2.35. The lowest BCUT2D eigenvalue weighted by atomic mass is 10.1. The van der Waals surface area contributed by atoms with E-state index in [1.807, 2.05) is 6.07 Å². The van der Waals surface area contributed by atoms with Crippen LogP contribution in [0.1, 0.15) is 21.6 Å². The fourth-order valence-corrected chi connectivity index (χ4v) is 3.88. The van der Waals surface area contributed by atoms with Crippen LogP contribution in [-0.2, 0) is 12.7 Å². The van der Waals surface area contributed by atoms with Crippen LogP contribution in [0.5, 0.6) is 11.5 Å². The van der Waals surface area contributed by atoms with Crippen molar-refractivity contribution in [2.75, 3.05) is 6.79 Å². The average molecular weight is 500 g/mol. The molecule has 1 aliphatic rings. The van der Waals surface area contributed by atoms with E-state index in [1.54, 1.807) is 60.7 Å². The summed E-state index contributed by atoms with van der Waals surface area (Å²) in [6.07, 6.45) is -4.63. The van der Waals surface area contributed by atoms with E-state index in [9.17, 15) is 18.0 Å². The molecule has 0 aliphatic carbocycles. The SMILES string of the molecule is O=C(NCc1ccc2c(c1)OCO2)c1ccc(-c2cc(C(F)(F)F)nn2-c2ccccc2Cl)cc1. The molecule has 178 valence electrons. The Hall–Kier alpha value is -3.98. The number of halogens is 4. The number of hydrogen-bond donors (Lipinski definition) is 1. The first-order valence-electron chi connectivity index (χ1n) is 10.5. The fourth-order valence-electron chi connectivity index (χ4n) is 3.66. The second kappa shape index (κ2) is 8.99. The lowest BCUT2D eigenvalue weighted by Crippen LogP contribution is -2.22. The molecule has 0 bridgehead atoms. The molecule has 0 radical (unpaired) electrons. The highest BCUT2D eigenvalue weighted by atomic mass is 35.5. The molecule has 0 spiro atoms. The molecule has 0 unspecified atom stereocenters. The van der Waals surface area contributed by atoms with Gasteiger partial charge in [-0.2, -0.15) is 18.3 Å². The Morgan fingerprint density at radius 3 is 2.49 bits per heavy atom. The standard InChI is InChI=1S/C25H17ClF3N3O3/c26-18-3-1-2-4-19(18)32-20(12-23(31-32)25(27,28)29)16-6-8-17(9-7-16)24(33)30-13-15-5-10-21-22(11-15)35-14-34-21/h1-12H,13-14H2,(H,30,33). The molecule has 6 nitrogen and oxygen atoms in total. The fraction of sp³-hybridized carbons (Fsp3) is 0.120. The maximum Gasteiger partial charge on any atom is 0.435 e. The van der Waals surface area contributed by atoms with Gasteiger partial charge in [-0.3, -0.25) is 4.79 Å². The van der Waals surface area contributed by atoms with E-state index in [-0.39, 0.29) is 30.0 Å². The molecule has 0 saturated heterocycles. The quantitative estimate of drug-likeness (QED) is 0.373. The highest BCUT2D eigenvalue weighted by Gasteiger charge is 2.35. The maximum absolute atomic E-state index is 13.4. The molecule has 1 aliphatic heterocycles. The molecule has 0 saturated carbocycles. The van der Waals surface area contributed by atoms with Crippen LogP contribution in [-0.4, -0.2) is 22.5 Å². The maximum atomic E-state index is 13.4. The Balaban J connectivity index is 1.38. The second-order valence-corrected chi connectivity index (χ2v) is 8.13. The van der Waals surface area contributed by atoms with Crippen LogP contribution in [0.2, 0.25) is 5.02 Å². The van der Waals surface area contributed by atoms with Gasteiger partial charge in [-0.05, 0) is 48.0 Å². The van der Waals surface area contributed by atoms with E-state index >= 15 is 0 Å².